The van der Waals surface area contributed by atoms with E-state index in [0.717, 1.165) is 0 Å². The Balaban J connectivity index is 1.75. The lowest BCUT2D eigenvalue weighted by atomic mass is 10.0. The van der Waals surface area contributed by atoms with Crippen LogP contribution in [0.3, 0.4) is 0 Å². The van der Waals surface area contributed by atoms with E-state index in [0.29, 0.717) is 19.4 Å². The maximum Gasteiger partial charge on any atom is 0.246 e. The van der Waals surface area contributed by atoms with E-state index in [1.54, 1.807) is 7.05 Å². The maximum absolute atomic E-state index is 12.1. The monoisotopic (exact) mass is 282 g/mol. The van der Waals surface area contributed by atoms with Gasteiger partial charge in [0.25, 0.3) is 0 Å². The minimum absolute atomic E-state index is 0.0942. The van der Waals surface area contributed by atoms with Gasteiger partial charge in [0.15, 0.2) is 0 Å². The lowest BCUT2D eigenvalue weighted by Crippen LogP contribution is -2.51. The van der Waals surface area contributed by atoms with E-state index in [2.05, 4.69) is 29.6 Å². The number of nitrogens with zero attached hydrogens (tertiary/aromatic N) is 1. The Morgan fingerprint density at radius 3 is 2.76 bits per heavy atom. The Kier molecular flexibility index (Phi) is 3.71. The number of hydrogen-bond acceptors (Lipinski definition) is 3. The van der Waals surface area contributed by atoms with E-state index in [1.807, 2.05) is 18.2 Å². The zero-order valence-electron chi connectivity index (χ0n) is 12.0. The second kappa shape index (κ2) is 5.66. The third-order valence-electron chi connectivity index (χ3n) is 4.07. The number of amides is 2. The molecule has 3 rings (SSSR count). The van der Waals surface area contributed by atoms with Crippen LogP contribution in [0.4, 0.5) is 0 Å². The average Bonchev–Trinajstić information content (AvgIpc) is 2.52. The first-order valence-electron chi connectivity index (χ1n) is 7.17. The van der Waals surface area contributed by atoms with Gasteiger partial charge in [-0.15, -0.1) is 0 Å². The number of rotatable bonds is 3. The SMILES string of the molecule is CN1C(=O)CCC(NCc2cccc3ccccc23)C1=O. The molecule has 0 aliphatic carbocycles. The van der Waals surface area contributed by atoms with Gasteiger partial charge in [-0.25, -0.2) is 0 Å². The molecule has 1 aliphatic heterocycles. The van der Waals surface area contributed by atoms with Gasteiger partial charge in [0, 0.05) is 20.0 Å². The third kappa shape index (κ3) is 2.67. The van der Waals surface area contributed by atoms with Gasteiger partial charge >= 0.3 is 0 Å². The lowest BCUT2D eigenvalue weighted by molar-refractivity contribution is -0.148. The molecular weight excluding hydrogens is 264 g/mol. The zero-order chi connectivity index (χ0) is 14.8. The number of likely N-dealkylation sites (N-methyl/N-ethyl adjacent to an activating group) is 1. The van der Waals surface area contributed by atoms with Crippen molar-refractivity contribution >= 4 is 22.6 Å². The smallest absolute Gasteiger partial charge is 0.246 e. The molecule has 1 fully saturated rings. The summed E-state index contributed by atoms with van der Waals surface area (Å²) in [6.45, 7) is 0.625. The normalized spacial score (nSPS) is 19.3. The number of imide groups is 1. The molecular formula is C17H18N2O2. The Morgan fingerprint density at radius 2 is 1.90 bits per heavy atom. The first-order valence-corrected chi connectivity index (χ1v) is 7.17. The van der Waals surface area contributed by atoms with E-state index in [-0.39, 0.29) is 17.9 Å². The Morgan fingerprint density at radius 1 is 1.14 bits per heavy atom. The molecule has 21 heavy (non-hydrogen) atoms. The molecule has 0 aromatic heterocycles. The number of carbonyl (C=O) groups excluding carboxylic acids is 2. The fourth-order valence-corrected chi connectivity index (χ4v) is 2.78. The quantitative estimate of drug-likeness (QED) is 0.877. The summed E-state index contributed by atoms with van der Waals surface area (Å²) in [5, 5.41) is 5.68. The van der Waals surface area contributed by atoms with Crippen LogP contribution >= 0.6 is 0 Å². The molecule has 0 bridgehead atoms. The Labute approximate surface area is 123 Å². The number of carbonyl (C=O) groups is 2. The van der Waals surface area contributed by atoms with Crippen molar-refractivity contribution in [3.05, 3.63) is 48.0 Å². The highest BCUT2D eigenvalue weighted by Crippen LogP contribution is 2.19. The van der Waals surface area contributed by atoms with Crippen LogP contribution in [-0.2, 0) is 16.1 Å². The Hall–Kier alpha value is -2.20. The first-order chi connectivity index (χ1) is 10.2. The summed E-state index contributed by atoms with van der Waals surface area (Å²) >= 11 is 0. The molecule has 1 N–H and O–H groups in total. The van der Waals surface area contributed by atoms with Crippen molar-refractivity contribution in [2.75, 3.05) is 7.05 Å². The molecule has 1 heterocycles. The molecule has 1 aliphatic rings. The Bertz CT molecular complexity index is 691. The minimum Gasteiger partial charge on any atom is -0.302 e. The molecule has 0 radical (unpaired) electrons. The van der Waals surface area contributed by atoms with E-state index >= 15 is 0 Å². The second-order valence-electron chi connectivity index (χ2n) is 5.40. The molecule has 2 aromatic rings. The number of benzene rings is 2. The van der Waals surface area contributed by atoms with E-state index < -0.39 is 0 Å². The minimum atomic E-state index is -0.272. The van der Waals surface area contributed by atoms with Crippen molar-refractivity contribution in [1.82, 2.24) is 10.2 Å². The summed E-state index contributed by atoms with van der Waals surface area (Å²) in [5.74, 6) is -0.227. The standard InChI is InChI=1S/C17H18N2O2/c1-19-16(20)10-9-15(17(19)21)18-11-13-7-4-6-12-5-2-3-8-14(12)13/h2-8,15,18H,9-11H2,1H3. The summed E-state index contributed by atoms with van der Waals surface area (Å²) in [5.41, 5.74) is 1.17. The molecule has 1 unspecified atom stereocenters. The van der Waals surface area contributed by atoms with Gasteiger partial charge in [0.2, 0.25) is 11.8 Å². The summed E-state index contributed by atoms with van der Waals surface area (Å²) in [6.07, 6.45) is 1.00. The van der Waals surface area contributed by atoms with Crippen molar-refractivity contribution in [2.24, 2.45) is 0 Å². The molecule has 0 saturated carbocycles. The predicted octanol–water partition coefficient (Wildman–Crippen LogP) is 2.08. The topological polar surface area (TPSA) is 49.4 Å². The number of piperidine rings is 1. The third-order valence-corrected chi connectivity index (χ3v) is 4.07. The van der Waals surface area contributed by atoms with Crippen molar-refractivity contribution in [3.63, 3.8) is 0 Å². The number of fused-ring (bicyclic) bond motifs is 1. The van der Waals surface area contributed by atoms with E-state index in [1.165, 1.54) is 21.2 Å². The summed E-state index contributed by atoms with van der Waals surface area (Å²) < 4.78 is 0. The molecule has 2 amide bonds. The van der Waals surface area contributed by atoms with Gasteiger partial charge in [0.05, 0.1) is 6.04 Å². The van der Waals surface area contributed by atoms with Crippen molar-refractivity contribution in [1.29, 1.82) is 0 Å². The van der Waals surface area contributed by atoms with E-state index in [9.17, 15) is 9.59 Å². The highest BCUT2D eigenvalue weighted by atomic mass is 16.2. The van der Waals surface area contributed by atoms with Crippen molar-refractivity contribution in [3.8, 4) is 0 Å². The van der Waals surface area contributed by atoms with Crippen LogP contribution in [0.25, 0.3) is 10.8 Å². The van der Waals surface area contributed by atoms with Crippen LogP contribution in [0.1, 0.15) is 18.4 Å². The molecule has 108 valence electrons. The van der Waals surface area contributed by atoms with Crippen molar-refractivity contribution in [2.45, 2.75) is 25.4 Å². The van der Waals surface area contributed by atoms with Crippen LogP contribution in [0, 0.1) is 0 Å². The highest BCUT2D eigenvalue weighted by Gasteiger charge is 2.31. The molecule has 1 atom stereocenters. The predicted molar refractivity (Wildman–Crippen MR) is 81.6 cm³/mol. The van der Waals surface area contributed by atoms with Gasteiger partial charge < -0.3 is 5.32 Å². The molecule has 1 saturated heterocycles. The van der Waals surface area contributed by atoms with Crippen LogP contribution in [-0.4, -0.2) is 29.8 Å². The van der Waals surface area contributed by atoms with Gasteiger partial charge in [-0.1, -0.05) is 42.5 Å². The largest absolute Gasteiger partial charge is 0.302 e. The molecule has 4 heteroatoms. The fraction of sp³-hybridized carbons (Fsp3) is 0.294. The number of likely N-dealkylation sites (tertiary alicyclic amines) is 1. The zero-order valence-corrected chi connectivity index (χ0v) is 12.0. The second-order valence-corrected chi connectivity index (χ2v) is 5.40. The van der Waals surface area contributed by atoms with Crippen LogP contribution < -0.4 is 5.32 Å². The number of nitrogens with one attached hydrogen (secondary N) is 1. The molecule has 4 nitrogen and oxygen atoms in total. The lowest BCUT2D eigenvalue weighted by Gasteiger charge is -2.28. The number of hydrogen-bond donors (Lipinski definition) is 1. The average molecular weight is 282 g/mol. The van der Waals surface area contributed by atoms with Gasteiger partial charge in [-0.05, 0) is 22.8 Å². The van der Waals surface area contributed by atoms with Gasteiger partial charge in [-0.2, -0.15) is 0 Å². The van der Waals surface area contributed by atoms with Crippen LogP contribution in [0.5, 0.6) is 0 Å². The fourth-order valence-electron chi connectivity index (χ4n) is 2.78. The first kappa shape index (κ1) is 13.8. The van der Waals surface area contributed by atoms with Gasteiger partial charge in [-0.3, -0.25) is 14.5 Å². The maximum atomic E-state index is 12.1. The summed E-state index contributed by atoms with van der Waals surface area (Å²) in [4.78, 5) is 24.8. The summed E-state index contributed by atoms with van der Waals surface area (Å²) in [6, 6.07) is 14.1. The molecule has 2 aromatic carbocycles. The van der Waals surface area contributed by atoms with Crippen LogP contribution in [0.15, 0.2) is 42.5 Å². The summed E-state index contributed by atoms with van der Waals surface area (Å²) in [7, 11) is 1.55. The van der Waals surface area contributed by atoms with Gasteiger partial charge in [0.1, 0.15) is 0 Å². The van der Waals surface area contributed by atoms with E-state index in [4.69, 9.17) is 0 Å². The van der Waals surface area contributed by atoms with Crippen molar-refractivity contribution < 1.29 is 9.59 Å². The highest BCUT2D eigenvalue weighted by molar-refractivity contribution is 6.00. The molecule has 0 spiro atoms. The van der Waals surface area contributed by atoms with Crippen LogP contribution in [0.2, 0.25) is 0 Å².